The lowest BCUT2D eigenvalue weighted by molar-refractivity contribution is -0.115. The number of nitrogens with one attached hydrogen (secondary N) is 2. The molecule has 0 aliphatic carbocycles. The number of pyridine rings is 1. The van der Waals surface area contributed by atoms with Crippen molar-refractivity contribution in [3.63, 3.8) is 0 Å². The predicted molar refractivity (Wildman–Crippen MR) is 95.7 cm³/mol. The van der Waals surface area contributed by atoms with Gasteiger partial charge in [-0.1, -0.05) is 0 Å². The molecule has 0 saturated heterocycles. The van der Waals surface area contributed by atoms with Crippen molar-refractivity contribution >= 4 is 23.2 Å². The van der Waals surface area contributed by atoms with Crippen molar-refractivity contribution in [2.45, 2.75) is 20.3 Å². The first-order valence-corrected chi connectivity index (χ1v) is 7.84. The van der Waals surface area contributed by atoms with Gasteiger partial charge in [0.25, 0.3) is 5.91 Å². The zero-order valence-electron chi connectivity index (χ0n) is 14.2. The van der Waals surface area contributed by atoms with Gasteiger partial charge in [-0.05, 0) is 50.2 Å². The van der Waals surface area contributed by atoms with E-state index in [2.05, 4.69) is 20.8 Å². The van der Waals surface area contributed by atoms with Crippen molar-refractivity contribution in [2.75, 3.05) is 11.9 Å². The van der Waals surface area contributed by atoms with Gasteiger partial charge in [-0.3, -0.25) is 14.6 Å². The average Bonchev–Trinajstić information content (AvgIpc) is 2.62. The number of amides is 2. The molecular formula is C18H20N4O3. The number of carbonyl (C=O) groups is 2. The highest BCUT2D eigenvalue weighted by atomic mass is 16.5. The van der Waals surface area contributed by atoms with E-state index in [1.54, 1.807) is 49.5 Å². The highest BCUT2D eigenvalue weighted by molar-refractivity contribution is 6.06. The van der Waals surface area contributed by atoms with E-state index < -0.39 is 0 Å². The monoisotopic (exact) mass is 340 g/mol. The molecule has 2 aromatic rings. The van der Waals surface area contributed by atoms with Crippen LogP contribution in [-0.4, -0.2) is 29.1 Å². The maximum absolute atomic E-state index is 12.0. The van der Waals surface area contributed by atoms with Crippen molar-refractivity contribution in [3.05, 3.63) is 54.4 Å². The van der Waals surface area contributed by atoms with Crippen LogP contribution in [0, 0.1) is 0 Å². The zero-order chi connectivity index (χ0) is 18.1. The van der Waals surface area contributed by atoms with Gasteiger partial charge < -0.3 is 10.1 Å². The van der Waals surface area contributed by atoms with Gasteiger partial charge in [0, 0.05) is 23.8 Å². The van der Waals surface area contributed by atoms with Crippen LogP contribution in [-0.2, 0) is 4.79 Å². The van der Waals surface area contributed by atoms with Crippen LogP contribution < -0.4 is 15.5 Å². The van der Waals surface area contributed by atoms with Crippen molar-refractivity contribution in [1.29, 1.82) is 0 Å². The summed E-state index contributed by atoms with van der Waals surface area (Å²) < 4.78 is 5.34. The highest BCUT2D eigenvalue weighted by Gasteiger charge is 2.07. The van der Waals surface area contributed by atoms with Crippen LogP contribution in [0.25, 0.3) is 0 Å². The molecule has 7 heteroatoms. The van der Waals surface area contributed by atoms with Crippen molar-refractivity contribution in [3.8, 4) is 5.75 Å². The van der Waals surface area contributed by atoms with Crippen LogP contribution in [0.1, 0.15) is 30.6 Å². The third kappa shape index (κ3) is 6.06. The number of aromatic nitrogens is 1. The minimum absolute atomic E-state index is 0.0700. The molecule has 7 nitrogen and oxygen atoms in total. The van der Waals surface area contributed by atoms with Crippen LogP contribution in [0.2, 0.25) is 0 Å². The van der Waals surface area contributed by atoms with E-state index in [4.69, 9.17) is 4.74 Å². The molecule has 2 N–H and O–H groups in total. The molecule has 1 heterocycles. The van der Waals surface area contributed by atoms with Gasteiger partial charge in [-0.15, -0.1) is 0 Å². The van der Waals surface area contributed by atoms with Crippen LogP contribution >= 0.6 is 0 Å². The molecular weight excluding hydrogens is 320 g/mol. The number of hydrazone groups is 1. The van der Waals surface area contributed by atoms with E-state index in [9.17, 15) is 9.59 Å². The van der Waals surface area contributed by atoms with Crippen molar-refractivity contribution in [2.24, 2.45) is 5.10 Å². The molecule has 0 unspecified atom stereocenters. The Morgan fingerprint density at radius 1 is 1.20 bits per heavy atom. The molecule has 1 aromatic heterocycles. The summed E-state index contributed by atoms with van der Waals surface area (Å²) in [7, 11) is 0. The molecule has 130 valence electrons. The van der Waals surface area contributed by atoms with Gasteiger partial charge in [-0.25, -0.2) is 5.43 Å². The normalized spacial score (nSPS) is 10.9. The molecule has 0 fully saturated rings. The largest absolute Gasteiger partial charge is 0.494 e. The Kier molecular flexibility index (Phi) is 6.65. The second-order valence-electron chi connectivity index (χ2n) is 5.21. The zero-order valence-corrected chi connectivity index (χ0v) is 14.2. The van der Waals surface area contributed by atoms with Gasteiger partial charge in [0.15, 0.2) is 0 Å². The number of nitrogens with zero attached hydrogens (tertiary/aromatic N) is 2. The molecule has 0 bridgehead atoms. The minimum Gasteiger partial charge on any atom is -0.494 e. The van der Waals surface area contributed by atoms with E-state index in [1.165, 1.54) is 6.20 Å². The average molecular weight is 340 g/mol. The molecule has 1 aromatic carbocycles. The Morgan fingerprint density at radius 2 is 1.96 bits per heavy atom. The summed E-state index contributed by atoms with van der Waals surface area (Å²) in [6, 6.07) is 10.4. The van der Waals surface area contributed by atoms with Crippen LogP contribution in [0.5, 0.6) is 5.75 Å². The molecule has 2 rings (SSSR count). The lowest BCUT2D eigenvalue weighted by atomic mass is 10.2. The number of hydrogen-bond acceptors (Lipinski definition) is 5. The third-order valence-electron chi connectivity index (χ3n) is 3.14. The van der Waals surface area contributed by atoms with Gasteiger partial charge in [0.05, 0.1) is 18.6 Å². The Hall–Kier alpha value is -3.22. The van der Waals surface area contributed by atoms with E-state index in [0.717, 1.165) is 5.75 Å². The Bertz CT molecular complexity index is 743. The first-order chi connectivity index (χ1) is 12.1. The SMILES string of the molecule is CCOc1ccc(NC(=O)C/C(C)=N/NC(=O)c2cccnc2)cc1. The molecule has 2 amide bonds. The Balaban J connectivity index is 1.83. The molecule has 0 saturated carbocycles. The van der Waals surface area contributed by atoms with E-state index in [-0.39, 0.29) is 18.2 Å². The lowest BCUT2D eigenvalue weighted by Crippen LogP contribution is -2.21. The first-order valence-electron chi connectivity index (χ1n) is 7.84. The summed E-state index contributed by atoms with van der Waals surface area (Å²) in [4.78, 5) is 27.7. The summed E-state index contributed by atoms with van der Waals surface area (Å²) in [5.41, 5.74) is 3.96. The third-order valence-corrected chi connectivity index (χ3v) is 3.14. The molecule has 0 aliphatic heterocycles. The van der Waals surface area contributed by atoms with Gasteiger partial charge in [0.1, 0.15) is 5.75 Å². The van der Waals surface area contributed by atoms with Gasteiger partial charge >= 0.3 is 0 Å². The summed E-state index contributed by atoms with van der Waals surface area (Å²) in [6.45, 7) is 4.16. The highest BCUT2D eigenvalue weighted by Crippen LogP contribution is 2.15. The summed E-state index contributed by atoms with van der Waals surface area (Å²) in [5, 5.41) is 6.69. The van der Waals surface area contributed by atoms with Gasteiger partial charge in [-0.2, -0.15) is 5.10 Å². The van der Waals surface area contributed by atoms with Crippen LogP contribution in [0.3, 0.4) is 0 Å². The van der Waals surface area contributed by atoms with E-state index in [1.807, 2.05) is 6.92 Å². The first kappa shape index (κ1) is 18.1. The number of rotatable bonds is 7. The van der Waals surface area contributed by atoms with Crippen molar-refractivity contribution in [1.82, 2.24) is 10.4 Å². The fraction of sp³-hybridized carbons (Fsp3) is 0.222. The number of anilines is 1. The second-order valence-corrected chi connectivity index (χ2v) is 5.21. The summed E-state index contributed by atoms with van der Waals surface area (Å²) in [6.07, 6.45) is 3.09. The second kappa shape index (κ2) is 9.17. The van der Waals surface area contributed by atoms with Gasteiger partial charge in [0.2, 0.25) is 5.91 Å². The minimum atomic E-state index is -0.376. The smallest absolute Gasteiger partial charge is 0.272 e. The quantitative estimate of drug-likeness (QED) is 0.598. The maximum Gasteiger partial charge on any atom is 0.272 e. The maximum atomic E-state index is 12.0. The molecule has 25 heavy (non-hydrogen) atoms. The number of carbonyl (C=O) groups excluding carboxylic acids is 2. The number of hydrogen-bond donors (Lipinski definition) is 2. The fourth-order valence-corrected chi connectivity index (χ4v) is 1.99. The molecule has 0 atom stereocenters. The van der Waals surface area contributed by atoms with E-state index in [0.29, 0.717) is 23.6 Å². The standard InChI is InChI=1S/C18H20N4O3/c1-3-25-16-8-6-15(7-9-16)20-17(23)11-13(2)21-22-18(24)14-5-4-10-19-12-14/h4-10,12H,3,11H2,1-2H3,(H,20,23)(H,22,24)/b21-13+. The van der Waals surface area contributed by atoms with Crippen LogP contribution in [0.15, 0.2) is 53.9 Å². The Labute approximate surface area is 146 Å². The molecule has 0 radical (unpaired) electrons. The predicted octanol–water partition coefficient (Wildman–Crippen LogP) is 2.61. The topological polar surface area (TPSA) is 92.7 Å². The van der Waals surface area contributed by atoms with E-state index >= 15 is 0 Å². The molecule has 0 spiro atoms. The molecule has 0 aliphatic rings. The number of ether oxygens (including phenoxy) is 1. The lowest BCUT2D eigenvalue weighted by Gasteiger charge is -2.07. The fourth-order valence-electron chi connectivity index (χ4n) is 1.99. The Morgan fingerprint density at radius 3 is 2.60 bits per heavy atom. The number of benzene rings is 1. The van der Waals surface area contributed by atoms with Crippen molar-refractivity contribution < 1.29 is 14.3 Å². The van der Waals surface area contributed by atoms with Crippen LogP contribution in [0.4, 0.5) is 5.69 Å². The summed E-state index contributed by atoms with van der Waals surface area (Å²) in [5.74, 6) is 0.150. The summed E-state index contributed by atoms with van der Waals surface area (Å²) >= 11 is 0.